The summed E-state index contributed by atoms with van der Waals surface area (Å²) < 4.78 is 0. The Morgan fingerprint density at radius 2 is 2.11 bits per heavy atom. The van der Waals surface area contributed by atoms with Crippen LogP contribution in [0.3, 0.4) is 0 Å². The van der Waals surface area contributed by atoms with Gasteiger partial charge in [0.2, 0.25) is 0 Å². The van der Waals surface area contributed by atoms with Gasteiger partial charge in [-0.1, -0.05) is 18.8 Å². The molecule has 1 heterocycles. The van der Waals surface area contributed by atoms with Crippen molar-refractivity contribution in [2.45, 2.75) is 26.3 Å². The van der Waals surface area contributed by atoms with E-state index in [1.165, 1.54) is 4.88 Å². The molecule has 0 bridgehead atoms. The van der Waals surface area contributed by atoms with Crippen LogP contribution >= 0.6 is 11.3 Å². The van der Waals surface area contributed by atoms with E-state index < -0.39 is 0 Å². The standard InChI is InChI=1S/C14H21NO2S/c1-2-6-15(7-9-17)11-14-10-13(12-18-14)5-3-4-8-16/h10,12,16-17H,2,4,6-9,11H2,1H3. The van der Waals surface area contributed by atoms with Gasteiger partial charge in [-0.05, 0) is 19.0 Å². The zero-order valence-corrected chi connectivity index (χ0v) is 11.7. The lowest BCUT2D eigenvalue weighted by molar-refractivity contribution is 0.191. The lowest BCUT2D eigenvalue weighted by Crippen LogP contribution is -2.26. The van der Waals surface area contributed by atoms with Gasteiger partial charge in [0.05, 0.1) is 13.2 Å². The predicted octanol–water partition coefficient (Wildman–Crippen LogP) is 1.69. The fourth-order valence-electron chi connectivity index (χ4n) is 1.70. The molecule has 0 atom stereocenters. The summed E-state index contributed by atoms with van der Waals surface area (Å²) in [5.74, 6) is 5.96. The van der Waals surface area contributed by atoms with Gasteiger partial charge in [0.15, 0.2) is 0 Å². The van der Waals surface area contributed by atoms with E-state index >= 15 is 0 Å². The molecule has 1 aromatic heterocycles. The van der Waals surface area contributed by atoms with Crippen LogP contribution in [0.2, 0.25) is 0 Å². The van der Waals surface area contributed by atoms with Crippen LogP contribution in [-0.2, 0) is 6.54 Å². The second kappa shape index (κ2) is 9.12. The molecular formula is C14H21NO2S. The number of hydrogen-bond donors (Lipinski definition) is 2. The Balaban J connectivity index is 2.54. The summed E-state index contributed by atoms with van der Waals surface area (Å²) in [6, 6.07) is 2.09. The maximum absolute atomic E-state index is 9.01. The van der Waals surface area contributed by atoms with Gasteiger partial charge < -0.3 is 10.2 Å². The minimum atomic E-state index is 0.116. The smallest absolute Gasteiger partial charge is 0.0558 e. The van der Waals surface area contributed by atoms with Crippen molar-refractivity contribution < 1.29 is 10.2 Å². The van der Waals surface area contributed by atoms with Crippen molar-refractivity contribution >= 4 is 11.3 Å². The highest BCUT2D eigenvalue weighted by Gasteiger charge is 2.06. The van der Waals surface area contributed by atoms with E-state index in [0.717, 1.165) is 31.6 Å². The summed E-state index contributed by atoms with van der Waals surface area (Å²) in [5, 5.41) is 19.7. The first-order chi connectivity index (χ1) is 8.80. The molecule has 0 aliphatic carbocycles. The third-order valence-electron chi connectivity index (χ3n) is 2.46. The van der Waals surface area contributed by atoms with E-state index in [9.17, 15) is 0 Å². The maximum atomic E-state index is 9.01. The SMILES string of the molecule is CCCN(CCO)Cc1cc(C#CCCO)cs1. The van der Waals surface area contributed by atoms with Crippen molar-refractivity contribution in [3.8, 4) is 11.8 Å². The van der Waals surface area contributed by atoms with Gasteiger partial charge in [-0.3, -0.25) is 4.90 Å². The van der Waals surface area contributed by atoms with Gasteiger partial charge in [-0.25, -0.2) is 0 Å². The van der Waals surface area contributed by atoms with Crippen LogP contribution in [0.25, 0.3) is 0 Å². The topological polar surface area (TPSA) is 43.7 Å². The van der Waals surface area contributed by atoms with Crippen LogP contribution in [0.1, 0.15) is 30.2 Å². The molecule has 0 aliphatic heterocycles. The summed E-state index contributed by atoms with van der Waals surface area (Å²) in [6.45, 7) is 5.06. The van der Waals surface area contributed by atoms with Crippen molar-refractivity contribution in [3.63, 3.8) is 0 Å². The van der Waals surface area contributed by atoms with E-state index in [1.54, 1.807) is 11.3 Å². The molecular weight excluding hydrogens is 246 g/mol. The van der Waals surface area contributed by atoms with E-state index in [-0.39, 0.29) is 13.2 Å². The van der Waals surface area contributed by atoms with Crippen LogP contribution < -0.4 is 0 Å². The minimum absolute atomic E-state index is 0.116. The van der Waals surface area contributed by atoms with Crippen molar-refractivity contribution in [3.05, 3.63) is 21.9 Å². The fourth-order valence-corrected chi connectivity index (χ4v) is 2.55. The summed E-state index contributed by atoms with van der Waals surface area (Å²) in [7, 11) is 0. The third-order valence-corrected chi connectivity index (χ3v) is 3.38. The molecule has 0 amide bonds. The molecule has 18 heavy (non-hydrogen) atoms. The number of nitrogens with zero attached hydrogens (tertiary/aromatic N) is 1. The predicted molar refractivity (Wildman–Crippen MR) is 75.6 cm³/mol. The number of aliphatic hydroxyl groups excluding tert-OH is 2. The molecule has 0 aliphatic rings. The molecule has 0 radical (unpaired) electrons. The third kappa shape index (κ3) is 5.65. The van der Waals surface area contributed by atoms with Crippen LogP contribution in [0.4, 0.5) is 0 Å². The first kappa shape index (κ1) is 15.2. The number of hydrogen-bond acceptors (Lipinski definition) is 4. The Morgan fingerprint density at radius 3 is 2.78 bits per heavy atom. The van der Waals surface area contributed by atoms with Gasteiger partial charge >= 0.3 is 0 Å². The van der Waals surface area contributed by atoms with E-state index in [1.807, 2.05) is 5.38 Å². The summed E-state index contributed by atoms with van der Waals surface area (Å²) in [4.78, 5) is 3.52. The first-order valence-corrected chi connectivity index (χ1v) is 7.18. The zero-order chi connectivity index (χ0) is 13.2. The van der Waals surface area contributed by atoms with Gasteiger partial charge in [0.25, 0.3) is 0 Å². The molecule has 1 rings (SSSR count). The Kier molecular flexibility index (Phi) is 7.70. The van der Waals surface area contributed by atoms with E-state index in [0.29, 0.717) is 6.42 Å². The van der Waals surface area contributed by atoms with Crippen molar-refractivity contribution in [2.24, 2.45) is 0 Å². The fraction of sp³-hybridized carbons (Fsp3) is 0.571. The van der Waals surface area contributed by atoms with Gasteiger partial charge in [0, 0.05) is 35.3 Å². The Bertz CT molecular complexity index is 386. The van der Waals surface area contributed by atoms with Crippen molar-refractivity contribution in [1.29, 1.82) is 0 Å². The molecule has 0 saturated heterocycles. The molecule has 0 fully saturated rings. The van der Waals surface area contributed by atoms with Gasteiger partial charge in [-0.15, -0.1) is 11.3 Å². The molecule has 1 aromatic rings. The monoisotopic (exact) mass is 267 g/mol. The molecule has 0 spiro atoms. The summed E-state index contributed by atoms with van der Waals surface area (Å²) in [6.07, 6.45) is 1.62. The van der Waals surface area contributed by atoms with Crippen LogP contribution in [-0.4, -0.2) is 41.4 Å². The molecule has 4 heteroatoms. The molecule has 0 aromatic carbocycles. The Morgan fingerprint density at radius 1 is 1.28 bits per heavy atom. The summed E-state index contributed by atoms with van der Waals surface area (Å²) >= 11 is 1.70. The number of thiophene rings is 1. The highest BCUT2D eigenvalue weighted by Crippen LogP contribution is 2.16. The second-order valence-corrected chi connectivity index (χ2v) is 5.07. The van der Waals surface area contributed by atoms with Crippen LogP contribution in [0, 0.1) is 11.8 Å². The molecule has 0 unspecified atom stereocenters. The van der Waals surface area contributed by atoms with Crippen LogP contribution in [0.15, 0.2) is 11.4 Å². The summed E-state index contributed by atoms with van der Waals surface area (Å²) in [5.41, 5.74) is 1.02. The average molecular weight is 267 g/mol. The lowest BCUT2D eigenvalue weighted by atomic mass is 10.3. The van der Waals surface area contributed by atoms with Gasteiger partial charge in [0.1, 0.15) is 0 Å². The number of aliphatic hydroxyl groups is 2. The molecule has 2 N–H and O–H groups in total. The van der Waals surface area contributed by atoms with E-state index in [2.05, 4.69) is 29.7 Å². The highest BCUT2D eigenvalue weighted by molar-refractivity contribution is 7.10. The Labute approximate surface area is 113 Å². The van der Waals surface area contributed by atoms with Crippen molar-refractivity contribution in [1.82, 2.24) is 4.90 Å². The van der Waals surface area contributed by atoms with Crippen molar-refractivity contribution in [2.75, 3.05) is 26.3 Å². The second-order valence-electron chi connectivity index (χ2n) is 4.08. The maximum Gasteiger partial charge on any atom is 0.0558 e. The molecule has 0 saturated carbocycles. The Hall–Kier alpha value is -0.860. The molecule has 3 nitrogen and oxygen atoms in total. The zero-order valence-electron chi connectivity index (χ0n) is 10.9. The van der Waals surface area contributed by atoms with Crippen LogP contribution in [0.5, 0.6) is 0 Å². The average Bonchev–Trinajstić information content (AvgIpc) is 2.78. The first-order valence-electron chi connectivity index (χ1n) is 6.30. The normalized spacial score (nSPS) is 10.4. The minimum Gasteiger partial charge on any atom is -0.395 e. The molecule has 100 valence electrons. The lowest BCUT2D eigenvalue weighted by Gasteiger charge is -2.19. The van der Waals surface area contributed by atoms with E-state index in [4.69, 9.17) is 10.2 Å². The van der Waals surface area contributed by atoms with Gasteiger partial charge in [-0.2, -0.15) is 0 Å². The largest absolute Gasteiger partial charge is 0.395 e. The number of rotatable bonds is 7. The quantitative estimate of drug-likeness (QED) is 0.739. The highest BCUT2D eigenvalue weighted by atomic mass is 32.1.